The Morgan fingerprint density at radius 2 is 2.25 bits per heavy atom. The van der Waals surface area contributed by atoms with E-state index in [4.69, 9.17) is 11.6 Å². The molecule has 0 unspecified atom stereocenters. The number of amides is 1. The molecule has 8 heteroatoms. The van der Waals surface area contributed by atoms with Crippen molar-refractivity contribution in [2.75, 3.05) is 6.54 Å². The number of aromatic nitrogens is 5. The Kier molecular flexibility index (Phi) is 4.90. The topological polar surface area (TPSA) is 77.6 Å². The molecule has 2 heterocycles. The molecule has 0 radical (unpaired) electrons. The van der Waals surface area contributed by atoms with Gasteiger partial charge in [-0.1, -0.05) is 28.9 Å². The average molecular weight is 345 g/mol. The normalized spacial score (nSPS) is 10.8. The summed E-state index contributed by atoms with van der Waals surface area (Å²) in [7, 11) is 0. The van der Waals surface area contributed by atoms with Gasteiger partial charge in [0, 0.05) is 30.5 Å². The van der Waals surface area contributed by atoms with E-state index in [0.29, 0.717) is 30.4 Å². The van der Waals surface area contributed by atoms with Crippen molar-refractivity contribution in [2.24, 2.45) is 0 Å². The molecule has 0 bridgehead atoms. The zero-order valence-electron chi connectivity index (χ0n) is 13.2. The van der Waals surface area contributed by atoms with Gasteiger partial charge in [-0.25, -0.2) is 9.67 Å². The molecule has 0 aliphatic heterocycles. The first-order chi connectivity index (χ1) is 11.6. The van der Waals surface area contributed by atoms with Crippen LogP contribution in [-0.4, -0.2) is 37.0 Å². The van der Waals surface area contributed by atoms with Crippen LogP contribution in [0.25, 0.3) is 0 Å². The maximum atomic E-state index is 12.1. The Morgan fingerprint density at radius 1 is 1.38 bits per heavy atom. The predicted molar refractivity (Wildman–Crippen MR) is 89.9 cm³/mol. The smallest absolute Gasteiger partial charge is 0.273 e. The van der Waals surface area contributed by atoms with E-state index in [1.54, 1.807) is 17.1 Å². The number of nitrogens with one attached hydrogen (secondary N) is 1. The molecule has 1 amide bonds. The van der Waals surface area contributed by atoms with Crippen LogP contribution < -0.4 is 5.32 Å². The second kappa shape index (κ2) is 7.27. The number of aryl methyl sites for hydroxylation is 1. The van der Waals surface area contributed by atoms with Crippen LogP contribution >= 0.6 is 11.6 Å². The molecule has 1 N–H and O–H groups in total. The summed E-state index contributed by atoms with van der Waals surface area (Å²) in [4.78, 5) is 16.2. The number of rotatable bonds is 6. The molecule has 0 saturated carbocycles. The summed E-state index contributed by atoms with van der Waals surface area (Å²) in [5.41, 5.74) is 1.29. The first-order valence-corrected chi connectivity index (χ1v) is 7.90. The molecule has 7 nitrogen and oxygen atoms in total. The monoisotopic (exact) mass is 344 g/mol. The maximum absolute atomic E-state index is 12.1. The first-order valence-electron chi connectivity index (χ1n) is 7.52. The van der Waals surface area contributed by atoms with Crippen molar-refractivity contribution in [3.63, 3.8) is 0 Å². The largest absolute Gasteiger partial charge is 0.349 e. The maximum Gasteiger partial charge on any atom is 0.273 e. The molecule has 1 aromatic carbocycles. The molecule has 3 aromatic rings. The number of carbonyl (C=O) groups excluding carboxylic acids is 1. The van der Waals surface area contributed by atoms with Gasteiger partial charge >= 0.3 is 0 Å². The van der Waals surface area contributed by atoms with Gasteiger partial charge in [0.15, 0.2) is 5.69 Å². The lowest BCUT2D eigenvalue weighted by molar-refractivity contribution is 0.0947. The molecule has 0 fully saturated rings. The van der Waals surface area contributed by atoms with Gasteiger partial charge in [0.25, 0.3) is 5.91 Å². The summed E-state index contributed by atoms with van der Waals surface area (Å²) in [5, 5.41) is 11.4. The van der Waals surface area contributed by atoms with Gasteiger partial charge in [-0.2, -0.15) is 0 Å². The van der Waals surface area contributed by atoms with Gasteiger partial charge in [0.05, 0.1) is 12.7 Å². The zero-order chi connectivity index (χ0) is 16.9. The molecule has 0 atom stereocenters. The molecular formula is C16H17ClN6O. The van der Waals surface area contributed by atoms with Gasteiger partial charge < -0.3 is 9.88 Å². The minimum Gasteiger partial charge on any atom is -0.349 e. The van der Waals surface area contributed by atoms with Crippen molar-refractivity contribution in [1.82, 2.24) is 29.9 Å². The van der Waals surface area contributed by atoms with Crippen molar-refractivity contribution in [1.29, 1.82) is 0 Å². The van der Waals surface area contributed by atoms with Crippen LogP contribution in [0.4, 0.5) is 0 Å². The Labute approximate surface area is 144 Å². The number of imidazole rings is 1. The van der Waals surface area contributed by atoms with E-state index in [9.17, 15) is 4.79 Å². The average Bonchev–Trinajstić information content (AvgIpc) is 3.17. The van der Waals surface area contributed by atoms with E-state index in [2.05, 4.69) is 20.6 Å². The highest BCUT2D eigenvalue weighted by molar-refractivity contribution is 6.30. The fourth-order valence-corrected chi connectivity index (χ4v) is 2.54. The number of hydrogen-bond acceptors (Lipinski definition) is 4. The molecule has 0 aliphatic rings. The molecule has 0 aliphatic carbocycles. The Balaban J connectivity index is 1.54. The van der Waals surface area contributed by atoms with E-state index in [0.717, 1.165) is 11.4 Å². The van der Waals surface area contributed by atoms with Crippen molar-refractivity contribution in [3.05, 3.63) is 65.0 Å². The summed E-state index contributed by atoms with van der Waals surface area (Å²) in [5.74, 6) is 0.668. The number of halogens is 1. The van der Waals surface area contributed by atoms with Crippen LogP contribution in [0.3, 0.4) is 0 Å². The van der Waals surface area contributed by atoms with E-state index in [-0.39, 0.29) is 5.91 Å². The van der Waals surface area contributed by atoms with Gasteiger partial charge in [-0.15, -0.1) is 5.10 Å². The van der Waals surface area contributed by atoms with E-state index in [1.165, 1.54) is 0 Å². The highest BCUT2D eigenvalue weighted by atomic mass is 35.5. The van der Waals surface area contributed by atoms with Crippen molar-refractivity contribution < 1.29 is 4.79 Å². The number of hydrogen-bond donors (Lipinski definition) is 1. The molecule has 0 saturated heterocycles. The zero-order valence-corrected chi connectivity index (χ0v) is 13.9. The van der Waals surface area contributed by atoms with Gasteiger partial charge in [-0.05, 0) is 24.6 Å². The standard InChI is InChI=1S/C16H17ClN6O/c1-12-18-5-7-22(12)8-6-19-16(24)15-11-23(21-20-15)10-13-3-2-4-14(17)9-13/h2-5,7,9,11H,6,8,10H2,1H3,(H,19,24). The third kappa shape index (κ3) is 3.99. The lowest BCUT2D eigenvalue weighted by atomic mass is 10.2. The van der Waals surface area contributed by atoms with Crippen LogP contribution in [0.1, 0.15) is 21.9 Å². The van der Waals surface area contributed by atoms with Crippen molar-refractivity contribution in [2.45, 2.75) is 20.0 Å². The fourth-order valence-electron chi connectivity index (χ4n) is 2.32. The molecule has 0 spiro atoms. The summed E-state index contributed by atoms with van der Waals surface area (Å²) >= 11 is 5.96. The number of carbonyl (C=O) groups is 1. The number of benzene rings is 1. The van der Waals surface area contributed by atoms with E-state index in [1.807, 2.05) is 42.0 Å². The van der Waals surface area contributed by atoms with Gasteiger partial charge in [0.1, 0.15) is 5.82 Å². The minimum absolute atomic E-state index is 0.245. The predicted octanol–water partition coefficient (Wildman–Crippen LogP) is 1.91. The van der Waals surface area contributed by atoms with Crippen LogP contribution in [0, 0.1) is 6.92 Å². The highest BCUT2D eigenvalue weighted by Crippen LogP contribution is 2.11. The molecule has 2 aromatic heterocycles. The Morgan fingerprint density at radius 3 is 3.00 bits per heavy atom. The lowest BCUT2D eigenvalue weighted by Gasteiger charge is -2.05. The number of nitrogens with zero attached hydrogens (tertiary/aromatic N) is 5. The highest BCUT2D eigenvalue weighted by Gasteiger charge is 2.10. The van der Waals surface area contributed by atoms with Crippen LogP contribution in [0.15, 0.2) is 42.9 Å². The van der Waals surface area contributed by atoms with Gasteiger partial charge in [-0.3, -0.25) is 4.79 Å². The lowest BCUT2D eigenvalue weighted by Crippen LogP contribution is -2.27. The summed E-state index contributed by atoms with van der Waals surface area (Å²) in [6.07, 6.45) is 5.24. The van der Waals surface area contributed by atoms with Crippen LogP contribution in [-0.2, 0) is 13.1 Å². The minimum atomic E-state index is -0.245. The quantitative estimate of drug-likeness (QED) is 0.741. The SMILES string of the molecule is Cc1nccn1CCNC(=O)c1cn(Cc2cccc(Cl)c2)nn1. The van der Waals surface area contributed by atoms with E-state index < -0.39 is 0 Å². The Hall–Kier alpha value is -2.67. The summed E-state index contributed by atoms with van der Waals surface area (Å²) < 4.78 is 3.58. The van der Waals surface area contributed by atoms with Crippen LogP contribution in [0.5, 0.6) is 0 Å². The second-order valence-electron chi connectivity index (χ2n) is 5.36. The van der Waals surface area contributed by atoms with Crippen molar-refractivity contribution >= 4 is 17.5 Å². The second-order valence-corrected chi connectivity index (χ2v) is 5.79. The third-order valence-electron chi connectivity index (χ3n) is 3.57. The molecule has 124 valence electrons. The molecule has 3 rings (SSSR count). The van der Waals surface area contributed by atoms with Crippen LogP contribution in [0.2, 0.25) is 5.02 Å². The molecule has 24 heavy (non-hydrogen) atoms. The summed E-state index contributed by atoms with van der Waals surface area (Å²) in [6.45, 7) is 3.59. The third-order valence-corrected chi connectivity index (χ3v) is 3.80. The fraction of sp³-hybridized carbons (Fsp3) is 0.250. The molecular weight excluding hydrogens is 328 g/mol. The first kappa shape index (κ1) is 16.2. The van der Waals surface area contributed by atoms with Gasteiger partial charge in [0.2, 0.25) is 0 Å². The van der Waals surface area contributed by atoms with Crippen molar-refractivity contribution in [3.8, 4) is 0 Å². The van der Waals surface area contributed by atoms with E-state index >= 15 is 0 Å². The summed E-state index contributed by atoms with van der Waals surface area (Å²) in [6, 6.07) is 7.49. The Bertz CT molecular complexity index is 840.